The molecule has 0 amide bonds. The number of aliphatic hydroxyl groups is 1. The fourth-order valence-corrected chi connectivity index (χ4v) is 3.73. The van der Waals surface area contributed by atoms with E-state index >= 15 is 0 Å². The molecule has 2 bridgehead atoms. The predicted octanol–water partition coefficient (Wildman–Crippen LogP) is 1.24. The summed E-state index contributed by atoms with van der Waals surface area (Å²) in [6.45, 7) is 2.10. The minimum Gasteiger partial charge on any atom is -0.392 e. The first-order chi connectivity index (χ1) is 6.33. The number of aliphatic hydroxyl groups excluding tert-OH is 1. The molecule has 0 aromatic carbocycles. The Hall–Kier alpha value is -0.0800. The van der Waals surface area contributed by atoms with Gasteiger partial charge in [0.25, 0.3) is 0 Å². The highest BCUT2D eigenvalue weighted by Crippen LogP contribution is 2.47. The van der Waals surface area contributed by atoms with Gasteiger partial charge < -0.3 is 5.11 Å². The molecular formula is C11H19NO. The number of β-amino-alcohol motifs (C(OH)–C–C–N with tert-alkyl or cyclic N) is 1. The molecule has 1 aliphatic heterocycles. The molecule has 0 aromatic rings. The highest BCUT2D eigenvalue weighted by atomic mass is 16.3. The van der Waals surface area contributed by atoms with Crippen LogP contribution in [0.5, 0.6) is 0 Å². The van der Waals surface area contributed by atoms with Gasteiger partial charge in [-0.1, -0.05) is 6.42 Å². The van der Waals surface area contributed by atoms with E-state index in [1.165, 1.54) is 25.7 Å². The van der Waals surface area contributed by atoms with Gasteiger partial charge in [0, 0.05) is 19.1 Å². The van der Waals surface area contributed by atoms with E-state index in [-0.39, 0.29) is 6.10 Å². The summed E-state index contributed by atoms with van der Waals surface area (Å²) in [6, 6.07) is 0.843. The minimum atomic E-state index is -0.0286. The third-order valence-electron chi connectivity index (χ3n) is 4.36. The Morgan fingerprint density at radius 3 is 2.54 bits per heavy atom. The lowest BCUT2D eigenvalue weighted by Gasteiger charge is -2.30. The van der Waals surface area contributed by atoms with Gasteiger partial charge in [0.15, 0.2) is 0 Å². The Balaban J connectivity index is 1.66. The molecule has 3 fully saturated rings. The number of hydrogen-bond donors (Lipinski definition) is 1. The third kappa shape index (κ3) is 1.31. The van der Waals surface area contributed by atoms with Crippen LogP contribution in [0.3, 0.4) is 0 Å². The van der Waals surface area contributed by atoms with Crippen molar-refractivity contribution >= 4 is 0 Å². The average Bonchev–Trinajstić information content (AvgIpc) is 2.77. The number of fused-ring (bicyclic) bond motifs is 2. The lowest BCUT2D eigenvalue weighted by Crippen LogP contribution is -2.37. The van der Waals surface area contributed by atoms with Gasteiger partial charge in [0.05, 0.1) is 6.10 Å². The summed E-state index contributed by atoms with van der Waals surface area (Å²) in [4.78, 5) is 2.55. The smallest absolute Gasteiger partial charge is 0.0679 e. The second kappa shape index (κ2) is 2.96. The molecule has 2 saturated carbocycles. The van der Waals surface area contributed by atoms with Gasteiger partial charge in [-0.05, 0) is 37.5 Å². The van der Waals surface area contributed by atoms with Crippen molar-refractivity contribution in [2.24, 2.45) is 11.8 Å². The second-order valence-corrected chi connectivity index (χ2v) is 5.18. The van der Waals surface area contributed by atoms with Gasteiger partial charge in [0.1, 0.15) is 0 Å². The largest absolute Gasteiger partial charge is 0.392 e. The summed E-state index contributed by atoms with van der Waals surface area (Å²) in [5.41, 5.74) is 0. The molecule has 0 aromatic heterocycles. The molecule has 2 nitrogen and oxygen atoms in total. The number of likely N-dealkylation sites (tertiary alicyclic amines) is 1. The molecule has 1 N–H and O–H groups in total. The van der Waals surface area contributed by atoms with Crippen LogP contribution in [-0.4, -0.2) is 35.2 Å². The molecule has 3 rings (SSSR count). The van der Waals surface area contributed by atoms with E-state index in [1.807, 2.05) is 0 Å². The highest BCUT2D eigenvalue weighted by Gasteiger charge is 2.43. The van der Waals surface area contributed by atoms with Crippen molar-refractivity contribution in [1.29, 1.82) is 0 Å². The molecule has 4 atom stereocenters. The number of hydrogen-bond acceptors (Lipinski definition) is 2. The first-order valence-corrected chi connectivity index (χ1v) is 5.75. The Kier molecular flexibility index (Phi) is 1.88. The standard InChI is InChI=1S/C11H19NO/c13-10-3-4-12(7-10)11-6-8-1-2-9(11)5-8/h8-11,13H,1-7H2. The van der Waals surface area contributed by atoms with E-state index in [9.17, 15) is 5.11 Å². The van der Waals surface area contributed by atoms with Gasteiger partial charge in [-0.25, -0.2) is 0 Å². The van der Waals surface area contributed by atoms with Crippen molar-refractivity contribution in [3.05, 3.63) is 0 Å². The lowest BCUT2D eigenvalue weighted by molar-refractivity contribution is 0.134. The maximum Gasteiger partial charge on any atom is 0.0679 e. The molecule has 2 heteroatoms. The zero-order valence-corrected chi connectivity index (χ0v) is 8.15. The molecule has 2 aliphatic carbocycles. The van der Waals surface area contributed by atoms with Crippen molar-refractivity contribution in [3.8, 4) is 0 Å². The van der Waals surface area contributed by atoms with Crippen molar-refractivity contribution in [3.63, 3.8) is 0 Å². The SMILES string of the molecule is OC1CCN(C2CC3CCC2C3)C1. The van der Waals surface area contributed by atoms with Crippen LogP contribution in [-0.2, 0) is 0 Å². The fourth-order valence-electron chi connectivity index (χ4n) is 3.73. The molecule has 4 unspecified atom stereocenters. The Labute approximate surface area is 79.9 Å². The van der Waals surface area contributed by atoms with Crippen LogP contribution in [0.25, 0.3) is 0 Å². The summed E-state index contributed by atoms with van der Waals surface area (Å²) in [7, 11) is 0. The molecular weight excluding hydrogens is 162 g/mol. The first kappa shape index (κ1) is 8.25. The monoisotopic (exact) mass is 181 g/mol. The molecule has 74 valence electrons. The third-order valence-corrected chi connectivity index (χ3v) is 4.36. The van der Waals surface area contributed by atoms with E-state index in [0.29, 0.717) is 0 Å². The Morgan fingerprint density at radius 2 is 2.00 bits per heavy atom. The highest BCUT2D eigenvalue weighted by molar-refractivity contribution is 4.97. The topological polar surface area (TPSA) is 23.5 Å². The van der Waals surface area contributed by atoms with Gasteiger partial charge >= 0.3 is 0 Å². The molecule has 0 spiro atoms. The van der Waals surface area contributed by atoms with E-state index < -0.39 is 0 Å². The van der Waals surface area contributed by atoms with Gasteiger partial charge in [-0.15, -0.1) is 0 Å². The number of nitrogens with zero attached hydrogens (tertiary/aromatic N) is 1. The van der Waals surface area contributed by atoms with Crippen LogP contribution >= 0.6 is 0 Å². The average molecular weight is 181 g/mol. The summed E-state index contributed by atoms with van der Waals surface area (Å²) in [5.74, 6) is 2.02. The lowest BCUT2D eigenvalue weighted by atomic mass is 9.94. The molecule has 13 heavy (non-hydrogen) atoms. The van der Waals surface area contributed by atoms with Crippen molar-refractivity contribution in [2.75, 3.05) is 13.1 Å². The molecule has 3 aliphatic rings. The van der Waals surface area contributed by atoms with Crippen LogP contribution < -0.4 is 0 Å². The van der Waals surface area contributed by atoms with Crippen molar-refractivity contribution in [2.45, 2.75) is 44.2 Å². The predicted molar refractivity (Wildman–Crippen MR) is 51.4 cm³/mol. The van der Waals surface area contributed by atoms with Crippen molar-refractivity contribution in [1.82, 2.24) is 4.90 Å². The zero-order chi connectivity index (χ0) is 8.84. The maximum atomic E-state index is 9.49. The van der Waals surface area contributed by atoms with E-state index in [1.54, 1.807) is 0 Å². The Bertz CT molecular complexity index is 206. The van der Waals surface area contributed by atoms with Gasteiger partial charge in [-0.3, -0.25) is 4.90 Å². The van der Waals surface area contributed by atoms with Gasteiger partial charge in [-0.2, -0.15) is 0 Å². The maximum absolute atomic E-state index is 9.49. The first-order valence-electron chi connectivity index (χ1n) is 5.75. The molecule has 1 saturated heterocycles. The van der Waals surface area contributed by atoms with Crippen LogP contribution in [0.2, 0.25) is 0 Å². The Morgan fingerprint density at radius 1 is 1.08 bits per heavy atom. The summed E-state index contributed by atoms with van der Waals surface area (Å²) in [6.07, 6.45) is 6.83. The summed E-state index contributed by atoms with van der Waals surface area (Å²) < 4.78 is 0. The molecule has 1 heterocycles. The van der Waals surface area contributed by atoms with Crippen LogP contribution in [0.4, 0.5) is 0 Å². The second-order valence-electron chi connectivity index (χ2n) is 5.18. The van der Waals surface area contributed by atoms with Gasteiger partial charge in [0.2, 0.25) is 0 Å². The fraction of sp³-hybridized carbons (Fsp3) is 1.00. The quantitative estimate of drug-likeness (QED) is 0.658. The molecule has 0 radical (unpaired) electrons. The zero-order valence-electron chi connectivity index (χ0n) is 8.15. The van der Waals surface area contributed by atoms with Crippen LogP contribution in [0.1, 0.15) is 32.1 Å². The minimum absolute atomic E-state index is 0.0286. The summed E-state index contributed by atoms with van der Waals surface area (Å²) in [5, 5.41) is 9.49. The normalized spacial score (nSPS) is 50.5. The van der Waals surface area contributed by atoms with E-state index in [4.69, 9.17) is 0 Å². The van der Waals surface area contributed by atoms with E-state index in [2.05, 4.69) is 4.90 Å². The van der Waals surface area contributed by atoms with Crippen LogP contribution in [0.15, 0.2) is 0 Å². The van der Waals surface area contributed by atoms with E-state index in [0.717, 1.165) is 37.4 Å². The van der Waals surface area contributed by atoms with Crippen LogP contribution in [0, 0.1) is 11.8 Å². The summed E-state index contributed by atoms with van der Waals surface area (Å²) >= 11 is 0. The number of rotatable bonds is 1. The van der Waals surface area contributed by atoms with Crippen molar-refractivity contribution < 1.29 is 5.11 Å².